The Kier molecular flexibility index (Phi) is 6.14. The first-order valence-electron chi connectivity index (χ1n) is 7.63. The van der Waals surface area contributed by atoms with Crippen LogP contribution in [0.15, 0.2) is 0 Å². The van der Waals surface area contributed by atoms with E-state index in [4.69, 9.17) is 4.74 Å². The Labute approximate surface area is 129 Å². The molecule has 2 aliphatic rings. The minimum Gasteiger partial charge on any atom is -0.444 e. The fraction of sp³-hybridized carbons (Fsp3) is 0.933. The molecule has 20 heavy (non-hydrogen) atoms. The molecular weight excluding hydrogens is 276 g/mol. The largest absolute Gasteiger partial charge is 0.444 e. The van der Waals surface area contributed by atoms with Gasteiger partial charge in [0.2, 0.25) is 0 Å². The number of carbonyl (C=O) groups is 1. The van der Waals surface area contributed by atoms with Gasteiger partial charge in [0.15, 0.2) is 0 Å². The van der Waals surface area contributed by atoms with Crippen molar-refractivity contribution in [1.29, 1.82) is 0 Å². The van der Waals surface area contributed by atoms with Gasteiger partial charge < -0.3 is 15.0 Å². The van der Waals surface area contributed by atoms with E-state index in [1.807, 2.05) is 25.7 Å². The van der Waals surface area contributed by atoms with Crippen molar-refractivity contribution < 1.29 is 9.53 Å². The molecule has 0 radical (unpaired) electrons. The average Bonchev–Trinajstić information content (AvgIpc) is 2.54. The molecule has 4 nitrogen and oxygen atoms in total. The molecule has 0 aliphatic carbocycles. The zero-order valence-electron chi connectivity index (χ0n) is 13.0. The van der Waals surface area contributed by atoms with Crippen LogP contribution >= 0.6 is 12.4 Å². The van der Waals surface area contributed by atoms with E-state index in [9.17, 15) is 4.79 Å². The van der Waals surface area contributed by atoms with Crippen molar-refractivity contribution in [1.82, 2.24) is 10.2 Å². The van der Waals surface area contributed by atoms with Gasteiger partial charge in [0, 0.05) is 18.6 Å². The van der Waals surface area contributed by atoms with Crippen LogP contribution in [0.2, 0.25) is 0 Å². The molecule has 0 unspecified atom stereocenters. The Balaban J connectivity index is 0.00000200. The van der Waals surface area contributed by atoms with Crippen LogP contribution in [0, 0.1) is 0 Å². The predicted molar refractivity (Wildman–Crippen MR) is 83.5 cm³/mol. The van der Waals surface area contributed by atoms with E-state index in [2.05, 4.69) is 5.32 Å². The molecular formula is C15H29ClN2O2. The topological polar surface area (TPSA) is 41.6 Å². The standard InChI is InChI=1S/C15H28N2O2.ClH/c1-14(2,3)19-13(18)17-11-8-15(9-12-17)7-5-4-6-10-16-15;/h16H,4-12H2,1-3H3;1H. The lowest BCUT2D eigenvalue weighted by atomic mass is 9.83. The zero-order chi connectivity index (χ0) is 13.9. The summed E-state index contributed by atoms with van der Waals surface area (Å²) in [4.78, 5) is 13.9. The highest BCUT2D eigenvalue weighted by molar-refractivity contribution is 5.85. The Morgan fingerprint density at radius 3 is 2.35 bits per heavy atom. The highest BCUT2D eigenvalue weighted by Gasteiger charge is 2.36. The van der Waals surface area contributed by atoms with E-state index in [0.29, 0.717) is 0 Å². The van der Waals surface area contributed by atoms with E-state index in [0.717, 1.165) is 32.5 Å². The molecule has 0 aromatic rings. The quantitative estimate of drug-likeness (QED) is 0.746. The van der Waals surface area contributed by atoms with Gasteiger partial charge in [0.25, 0.3) is 0 Å². The number of carbonyl (C=O) groups excluding carboxylic acids is 1. The predicted octanol–water partition coefficient (Wildman–Crippen LogP) is 3.34. The third kappa shape index (κ3) is 4.81. The monoisotopic (exact) mass is 304 g/mol. The number of nitrogens with zero attached hydrogens (tertiary/aromatic N) is 1. The second-order valence-electron chi connectivity index (χ2n) is 6.99. The Morgan fingerprint density at radius 2 is 1.75 bits per heavy atom. The fourth-order valence-corrected chi connectivity index (χ4v) is 3.08. The molecule has 0 bridgehead atoms. The van der Waals surface area contributed by atoms with Crippen molar-refractivity contribution in [3.05, 3.63) is 0 Å². The lowest BCUT2D eigenvalue weighted by Gasteiger charge is -2.42. The molecule has 0 aromatic heterocycles. The van der Waals surface area contributed by atoms with E-state index in [1.54, 1.807) is 0 Å². The maximum absolute atomic E-state index is 12.0. The summed E-state index contributed by atoms with van der Waals surface area (Å²) in [6.45, 7) is 8.53. The zero-order valence-corrected chi connectivity index (χ0v) is 13.9. The van der Waals surface area contributed by atoms with Gasteiger partial charge in [-0.25, -0.2) is 4.79 Å². The number of halogens is 1. The van der Waals surface area contributed by atoms with Crippen molar-refractivity contribution in [2.45, 2.75) is 70.4 Å². The van der Waals surface area contributed by atoms with Crippen LogP contribution in [-0.2, 0) is 4.74 Å². The van der Waals surface area contributed by atoms with Gasteiger partial charge >= 0.3 is 6.09 Å². The molecule has 0 atom stereocenters. The fourth-order valence-electron chi connectivity index (χ4n) is 3.08. The molecule has 2 aliphatic heterocycles. The molecule has 1 amide bonds. The Morgan fingerprint density at radius 1 is 1.10 bits per heavy atom. The number of amides is 1. The minimum atomic E-state index is -0.396. The van der Waals surface area contributed by atoms with Crippen LogP contribution in [0.1, 0.15) is 59.3 Å². The van der Waals surface area contributed by atoms with Crippen LogP contribution in [0.5, 0.6) is 0 Å². The second kappa shape index (κ2) is 6.99. The lowest BCUT2D eigenvalue weighted by molar-refractivity contribution is 0.0144. The van der Waals surface area contributed by atoms with Crippen LogP contribution in [0.25, 0.3) is 0 Å². The summed E-state index contributed by atoms with van der Waals surface area (Å²) in [5.41, 5.74) is -0.109. The molecule has 0 aromatic carbocycles. The summed E-state index contributed by atoms with van der Waals surface area (Å²) in [7, 11) is 0. The van der Waals surface area contributed by atoms with Gasteiger partial charge in [0.05, 0.1) is 0 Å². The Bertz CT molecular complexity index is 310. The summed E-state index contributed by atoms with van der Waals surface area (Å²) in [5, 5.41) is 3.73. The number of ether oxygens (including phenoxy) is 1. The molecule has 2 saturated heterocycles. The molecule has 2 rings (SSSR count). The second-order valence-corrected chi connectivity index (χ2v) is 6.99. The smallest absolute Gasteiger partial charge is 0.410 e. The van der Waals surface area contributed by atoms with Gasteiger partial charge in [-0.3, -0.25) is 0 Å². The van der Waals surface area contributed by atoms with Crippen molar-refractivity contribution in [3.63, 3.8) is 0 Å². The molecule has 2 fully saturated rings. The van der Waals surface area contributed by atoms with Gasteiger partial charge in [-0.05, 0) is 53.0 Å². The van der Waals surface area contributed by atoms with Crippen molar-refractivity contribution in [2.75, 3.05) is 19.6 Å². The van der Waals surface area contributed by atoms with Crippen molar-refractivity contribution >= 4 is 18.5 Å². The van der Waals surface area contributed by atoms with Crippen LogP contribution in [0.3, 0.4) is 0 Å². The minimum absolute atomic E-state index is 0. The number of likely N-dealkylation sites (tertiary alicyclic amines) is 1. The number of piperidine rings is 1. The van der Waals surface area contributed by atoms with Crippen LogP contribution in [0.4, 0.5) is 4.79 Å². The molecule has 1 N–H and O–H groups in total. The van der Waals surface area contributed by atoms with Crippen LogP contribution < -0.4 is 5.32 Å². The van der Waals surface area contributed by atoms with E-state index < -0.39 is 5.60 Å². The van der Waals surface area contributed by atoms with Gasteiger partial charge in [-0.2, -0.15) is 0 Å². The SMILES string of the molecule is CC(C)(C)OC(=O)N1CCC2(CCCCCN2)CC1.Cl. The van der Waals surface area contributed by atoms with Gasteiger partial charge in [0.1, 0.15) is 5.60 Å². The summed E-state index contributed by atoms with van der Waals surface area (Å²) in [5.74, 6) is 0. The van der Waals surface area contributed by atoms with Gasteiger partial charge in [-0.1, -0.05) is 12.8 Å². The third-order valence-electron chi connectivity index (χ3n) is 4.20. The van der Waals surface area contributed by atoms with E-state index >= 15 is 0 Å². The number of hydrogen-bond acceptors (Lipinski definition) is 3. The molecule has 5 heteroatoms. The first-order chi connectivity index (χ1) is 8.90. The van der Waals surface area contributed by atoms with Crippen molar-refractivity contribution in [2.24, 2.45) is 0 Å². The lowest BCUT2D eigenvalue weighted by Crippen LogP contribution is -2.54. The highest BCUT2D eigenvalue weighted by atomic mass is 35.5. The molecule has 2 heterocycles. The number of rotatable bonds is 0. The summed E-state index contributed by atoms with van der Waals surface area (Å²) < 4.78 is 5.44. The normalized spacial score (nSPS) is 22.9. The summed E-state index contributed by atoms with van der Waals surface area (Å²) in [6.07, 6.45) is 7.17. The number of hydrogen-bond donors (Lipinski definition) is 1. The molecule has 0 saturated carbocycles. The van der Waals surface area contributed by atoms with E-state index in [1.165, 1.54) is 25.7 Å². The first kappa shape index (κ1) is 17.6. The molecule has 118 valence electrons. The maximum atomic E-state index is 12.0. The summed E-state index contributed by atoms with van der Waals surface area (Å²) >= 11 is 0. The first-order valence-corrected chi connectivity index (χ1v) is 7.63. The van der Waals surface area contributed by atoms with Gasteiger partial charge in [-0.15, -0.1) is 12.4 Å². The maximum Gasteiger partial charge on any atom is 0.410 e. The number of nitrogens with one attached hydrogen (secondary N) is 1. The molecule has 1 spiro atoms. The van der Waals surface area contributed by atoms with Crippen LogP contribution in [-0.4, -0.2) is 41.8 Å². The van der Waals surface area contributed by atoms with Crippen molar-refractivity contribution in [3.8, 4) is 0 Å². The summed E-state index contributed by atoms with van der Waals surface area (Å²) in [6, 6.07) is 0. The average molecular weight is 305 g/mol. The van der Waals surface area contributed by atoms with E-state index in [-0.39, 0.29) is 24.0 Å². The highest BCUT2D eigenvalue weighted by Crippen LogP contribution is 2.30. The Hall–Kier alpha value is -0.480. The third-order valence-corrected chi connectivity index (χ3v) is 4.20.